The van der Waals surface area contributed by atoms with Crippen molar-refractivity contribution in [3.63, 3.8) is 0 Å². The van der Waals surface area contributed by atoms with E-state index in [0.717, 1.165) is 12.4 Å². The molecule has 64 valence electrons. The van der Waals surface area contributed by atoms with E-state index in [9.17, 15) is 0 Å². The van der Waals surface area contributed by atoms with E-state index in [1.165, 1.54) is 0 Å². The monoisotopic (exact) mass is 166 g/mol. The maximum Gasteiger partial charge on any atom is 0.119 e. The minimum absolute atomic E-state index is 0.255. The Hall–Kier alpha value is -1.22. The second-order valence-corrected chi connectivity index (χ2v) is 2.76. The smallest absolute Gasteiger partial charge is 0.119 e. The molecule has 1 heterocycles. The molecule has 12 heavy (non-hydrogen) atoms. The van der Waals surface area contributed by atoms with E-state index in [1.807, 2.05) is 0 Å². The summed E-state index contributed by atoms with van der Waals surface area (Å²) in [4.78, 5) is 0. The number of phenols is 1. The van der Waals surface area contributed by atoms with Gasteiger partial charge < -0.3 is 14.6 Å². The lowest BCUT2D eigenvalue weighted by atomic mass is 10.3. The van der Waals surface area contributed by atoms with Gasteiger partial charge >= 0.3 is 0 Å². The summed E-state index contributed by atoms with van der Waals surface area (Å²) in [5.74, 6) is 1.02. The van der Waals surface area contributed by atoms with Crippen LogP contribution >= 0.6 is 0 Å². The van der Waals surface area contributed by atoms with Gasteiger partial charge in [-0.25, -0.2) is 0 Å². The van der Waals surface area contributed by atoms with Gasteiger partial charge in [-0.3, -0.25) is 0 Å². The number of ether oxygens (including phenoxy) is 2. The molecule has 0 saturated carbocycles. The number of benzene rings is 1. The van der Waals surface area contributed by atoms with Crippen LogP contribution in [0.3, 0.4) is 0 Å². The van der Waals surface area contributed by atoms with Crippen LogP contribution in [0.4, 0.5) is 0 Å². The highest BCUT2D eigenvalue weighted by atomic mass is 16.6. The van der Waals surface area contributed by atoms with Gasteiger partial charge in [0.1, 0.15) is 24.2 Å². The number of epoxide rings is 1. The molecule has 0 bridgehead atoms. The Morgan fingerprint density at radius 3 is 2.67 bits per heavy atom. The summed E-state index contributed by atoms with van der Waals surface area (Å²) in [5, 5.41) is 8.97. The number of aromatic hydroxyl groups is 1. The van der Waals surface area contributed by atoms with Crippen molar-refractivity contribution in [2.45, 2.75) is 6.10 Å². The molecule has 1 fully saturated rings. The minimum Gasteiger partial charge on any atom is -0.508 e. The third kappa shape index (κ3) is 1.89. The van der Waals surface area contributed by atoms with Gasteiger partial charge in [0.2, 0.25) is 0 Å². The second kappa shape index (κ2) is 3.03. The van der Waals surface area contributed by atoms with E-state index >= 15 is 0 Å². The molecule has 0 radical (unpaired) electrons. The average molecular weight is 166 g/mol. The molecule has 0 spiro atoms. The van der Waals surface area contributed by atoms with Crippen LogP contribution in [0, 0.1) is 0 Å². The van der Waals surface area contributed by atoms with Crippen molar-refractivity contribution in [1.29, 1.82) is 0 Å². The molecule has 1 saturated heterocycles. The molecule has 2 rings (SSSR count). The van der Waals surface area contributed by atoms with Crippen LogP contribution < -0.4 is 4.74 Å². The molecule has 1 aromatic rings. The first-order valence-corrected chi connectivity index (χ1v) is 3.88. The summed E-state index contributed by atoms with van der Waals surface area (Å²) < 4.78 is 10.3. The van der Waals surface area contributed by atoms with E-state index in [0.29, 0.717) is 6.61 Å². The van der Waals surface area contributed by atoms with Crippen molar-refractivity contribution in [2.75, 3.05) is 13.2 Å². The first kappa shape index (κ1) is 7.43. The van der Waals surface area contributed by atoms with Gasteiger partial charge in [0.25, 0.3) is 0 Å². The molecule has 1 N–H and O–H groups in total. The predicted octanol–water partition coefficient (Wildman–Crippen LogP) is 1.17. The highest BCUT2D eigenvalue weighted by molar-refractivity contribution is 5.30. The average Bonchev–Trinajstić information content (AvgIpc) is 2.87. The van der Waals surface area contributed by atoms with E-state index in [2.05, 4.69) is 0 Å². The van der Waals surface area contributed by atoms with Crippen molar-refractivity contribution >= 4 is 0 Å². The zero-order valence-electron chi connectivity index (χ0n) is 6.56. The van der Waals surface area contributed by atoms with Crippen LogP contribution in [-0.4, -0.2) is 24.4 Å². The van der Waals surface area contributed by atoms with Gasteiger partial charge in [0.15, 0.2) is 0 Å². The summed E-state index contributed by atoms with van der Waals surface area (Å²) in [6.07, 6.45) is 0.277. The fraction of sp³-hybridized carbons (Fsp3) is 0.333. The Balaban J connectivity index is 1.89. The number of rotatable bonds is 3. The van der Waals surface area contributed by atoms with Crippen LogP contribution in [0.5, 0.6) is 11.5 Å². The molecule has 1 aromatic carbocycles. The third-order valence-corrected chi connectivity index (χ3v) is 1.67. The first-order valence-electron chi connectivity index (χ1n) is 3.88. The molecule has 0 aromatic heterocycles. The van der Waals surface area contributed by atoms with E-state index in [-0.39, 0.29) is 11.9 Å². The SMILES string of the molecule is Oc1ccc(OC[C@@H]2CO2)cc1. The van der Waals surface area contributed by atoms with E-state index < -0.39 is 0 Å². The standard InChI is InChI=1S/C9H10O3/c10-7-1-3-8(4-2-7)11-5-9-6-12-9/h1-4,9-10H,5-6H2/t9-/m1/s1. The van der Waals surface area contributed by atoms with Crippen molar-refractivity contribution in [3.05, 3.63) is 24.3 Å². The van der Waals surface area contributed by atoms with Gasteiger partial charge in [0.05, 0.1) is 6.61 Å². The lowest BCUT2D eigenvalue weighted by molar-refractivity contribution is 0.263. The van der Waals surface area contributed by atoms with Crippen LogP contribution in [0.15, 0.2) is 24.3 Å². The number of hydrogen-bond acceptors (Lipinski definition) is 3. The van der Waals surface area contributed by atoms with Crippen molar-refractivity contribution < 1.29 is 14.6 Å². The van der Waals surface area contributed by atoms with Crippen molar-refractivity contribution in [3.8, 4) is 11.5 Å². The van der Waals surface area contributed by atoms with Crippen LogP contribution in [-0.2, 0) is 4.74 Å². The lowest BCUT2D eigenvalue weighted by Crippen LogP contribution is -2.03. The molecular weight excluding hydrogens is 156 g/mol. The molecule has 1 aliphatic heterocycles. The van der Waals surface area contributed by atoms with Crippen LogP contribution in [0.1, 0.15) is 0 Å². The summed E-state index contributed by atoms with van der Waals surface area (Å²) in [6, 6.07) is 6.67. The van der Waals surface area contributed by atoms with E-state index in [4.69, 9.17) is 14.6 Å². The zero-order valence-corrected chi connectivity index (χ0v) is 6.56. The minimum atomic E-state index is 0.255. The largest absolute Gasteiger partial charge is 0.508 e. The van der Waals surface area contributed by atoms with Gasteiger partial charge in [-0.15, -0.1) is 0 Å². The summed E-state index contributed by atoms with van der Waals surface area (Å²) in [5.41, 5.74) is 0. The Bertz CT molecular complexity index is 251. The van der Waals surface area contributed by atoms with Gasteiger partial charge in [-0.05, 0) is 24.3 Å². The fourth-order valence-electron chi connectivity index (χ4n) is 0.896. The Morgan fingerprint density at radius 1 is 1.42 bits per heavy atom. The van der Waals surface area contributed by atoms with Crippen LogP contribution in [0.25, 0.3) is 0 Å². The molecule has 3 heteroatoms. The quantitative estimate of drug-likeness (QED) is 0.685. The predicted molar refractivity (Wildman–Crippen MR) is 43.3 cm³/mol. The molecular formula is C9H10O3. The third-order valence-electron chi connectivity index (χ3n) is 1.67. The Labute approximate surface area is 70.5 Å². The maximum atomic E-state index is 8.97. The van der Waals surface area contributed by atoms with Gasteiger partial charge in [-0.1, -0.05) is 0 Å². The molecule has 0 amide bonds. The number of hydrogen-bond donors (Lipinski definition) is 1. The Kier molecular flexibility index (Phi) is 1.87. The first-order chi connectivity index (χ1) is 5.84. The normalized spacial score (nSPS) is 20.5. The molecule has 1 aliphatic rings. The second-order valence-electron chi connectivity index (χ2n) is 2.76. The summed E-state index contributed by atoms with van der Waals surface area (Å²) >= 11 is 0. The number of phenolic OH excluding ortho intramolecular Hbond substituents is 1. The van der Waals surface area contributed by atoms with Crippen LogP contribution in [0.2, 0.25) is 0 Å². The molecule has 3 nitrogen and oxygen atoms in total. The Morgan fingerprint density at radius 2 is 2.08 bits per heavy atom. The molecule has 1 atom stereocenters. The summed E-state index contributed by atoms with van der Waals surface area (Å²) in [7, 11) is 0. The lowest BCUT2D eigenvalue weighted by Gasteiger charge is -2.02. The van der Waals surface area contributed by atoms with Crippen molar-refractivity contribution in [1.82, 2.24) is 0 Å². The maximum absolute atomic E-state index is 8.97. The highest BCUT2D eigenvalue weighted by Crippen LogP contribution is 2.17. The van der Waals surface area contributed by atoms with Gasteiger partial charge in [-0.2, -0.15) is 0 Å². The van der Waals surface area contributed by atoms with Gasteiger partial charge in [0, 0.05) is 0 Å². The molecule has 0 aliphatic carbocycles. The summed E-state index contributed by atoms with van der Waals surface area (Å²) in [6.45, 7) is 1.41. The topological polar surface area (TPSA) is 42.0 Å². The van der Waals surface area contributed by atoms with E-state index in [1.54, 1.807) is 24.3 Å². The fourth-order valence-corrected chi connectivity index (χ4v) is 0.896. The molecule has 0 unspecified atom stereocenters. The van der Waals surface area contributed by atoms with Crippen molar-refractivity contribution in [2.24, 2.45) is 0 Å². The zero-order chi connectivity index (χ0) is 8.39. The highest BCUT2D eigenvalue weighted by Gasteiger charge is 2.22.